The lowest BCUT2D eigenvalue weighted by atomic mass is 10.0. The zero-order valence-electron chi connectivity index (χ0n) is 18.0. The molecule has 1 aliphatic rings. The van der Waals surface area contributed by atoms with Crippen molar-refractivity contribution in [2.45, 2.75) is 52.1 Å². The first kappa shape index (κ1) is 21.6. The van der Waals surface area contributed by atoms with E-state index in [4.69, 9.17) is 10.6 Å². The third-order valence-electron chi connectivity index (χ3n) is 5.24. The Morgan fingerprint density at radius 3 is 2.63 bits per heavy atom. The number of carbonyl (C=O) groups excluding carboxylic acids is 1. The maximum atomic E-state index is 12.5. The van der Waals surface area contributed by atoms with Gasteiger partial charge in [-0.15, -0.1) is 0 Å². The van der Waals surface area contributed by atoms with Crippen LogP contribution in [0, 0.1) is 0 Å². The van der Waals surface area contributed by atoms with E-state index in [1.165, 1.54) is 19.3 Å². The van der Waals surface area contributed by atoms with Gasteiger partial charge >= 0.3 is 0 Å². The number of carbonyl (C=O) groups is 1. The molecule has 1 unspecified atom stereocenters. The zero-order chi connectivity index (χ0) is 21.5. The number of aromatic nitrogens is 1. The molecule has 0 aliphatic carbocycles. The van der Waals surface area contributed by atoms with Crippen LogP contribution >= 0.6 is 0 Å². The molecule has 7 heteroatoms. The third-order valence-corrected chi connectivity index (χ3v) is 5.24. The summed E-state index contributed by atoms with van der Waals surface area (Å²) in [5.74, 6) is 1.13. The van der Waals surface area contributed by atoms with E-state index in [1.807, 2.05) is 30.3 Å². The van der Waals surface area contributed by atoms with Crippen molar-refractivity contribution < 1.29 is 9.63 Å². The number of benzene rings is 1. The molecule has 160 valence electrons. The van der Waals surface area contributed by atoms with Gasteiger partial charge in [0, 0.05) is 30.5 Å². The monoisotopic (exact) mass is 409 g/mol. The number of nitrogens with one attached hydrogen (secondary N) is 1. The minimum Gasteiger partial charge on any atom is -0.381 e. The number of amides is 1. The van der Waals surface area contributed by atoms with Crippen molar-refractivity contribution in [2.24, 2.45) is 10.9 Å². The van der Waals surface area contributed by atoms with Gasteiger partial charge in [-0.05, 0) is 55.9 Å². The van der Waals surface area contributed by atoms with E-state index < -0.39 is 6.10 Å². The molecule has 0 spiro atoms. The normalized spacial score (nSPS) is 15.7. The first-order valence-corrected chi connectivity index (χ1v) is 10.6. The van der Waals surface area contributed by atoms with Gasteiger partial charge in [-0.2, -0.15) is 0 Å². The number of nitrogens with zero attached hydrogens (tertiary/aromatic N) is 3. The number of hydrogen-bond donors (Lipinski definition) is 2. The Balaban J connectivity index is 1.63. The van der Waals surface area contributed by atoms with Crippen LogP contribution in [-0.2, 0) is 9.63 Å². The topological polar surface area (TPSA) is 92.8 Å². The van der Waals surface area contributed by atoms with Gasteiger partial charge in [-0.25, -0.2) is 4.98 Å². The molecular weight excluding hydrogens is 378 g/mol. The first-order valence-electron chi connectivity index (χ1n) is 10.6. The Morgan fingerprint density at radius 2 is 1.90 bits per heavy atom. The summed E-state index contributed by atoms with van der Waals surface area (Å²) in [5.41, 5.74) is 8.69. The predicted octanol–water partition coefficient (Wildman–Crippen LogP) is 3.86. The van der Waals surface area contributed by atoms with E-state index in [9.17, 15) is 4.79 Å². The quantitative estimate of drug-likeness (QED) is 0.411. The lowest BCUT2D eigenvalue weighted by Crippen LogP contribution is -2.30. The second-order valence-corrected chi connectivity index (χ2v) is 7.91. The summed E-state index contributed by atoms with van der Waals surface area (Å²) in [5, 5.41) is 6.90. The van der Waals surface area contributed by atoms with Crippen LogP contribution in [0.25, 0.3) is 0 Å². The van der Waals surface area contributed by atoms with Crippen molar-refractivity contribution in [3.05, 3.63) is 53.7 Å². The van der Waals surface area contributed by atoms with E-state index in [2.05, 4.69) is 34.2 Å². The van der Waals surface area contributed by atoms with Crippen LogP contribution in [0.5, 0.6) is 0 Å². The summed E-state index contributed by atoms with van der Waals surface area (Å²) in [6, 6.07) is 11.5. The van der Waals surface area contributed by atoms with Crippen molar-refractivity contribution in [3.63, 3.8) is 0 Å². The van der Waals surface area contributed by atoms with Gasteiger partial charge in [0.1, 0.15) is 5.82 Å². The molecule has 2 aromatic rings. The summed E-state index contributed by atoms with van der Waals surface area (Å²) < 4.78 is 0. The Bertz CT molecular complexity index is 891. The number of amidine groups is 1. The van der Waals surface area contributed by atoms with E-state index >= 15 is 0 Å². The van der Waals surface area contributed by atoms with Crippen molar-refractivity contribution in [2.75, 3.05) is 23.3 Å². The van der Waals surface area contributed by atoms with Gasteiger partial charge in [0.05, 0.1) is 0 Å². The van der Waals surface area contributed by atoms with Crippen LogP contribution in [0.1, 0.15) is 57.1 Å². The smallest absolute Gasteiger partial charge is 0.267 e. The van der Waals surface area contributed by atoms with Crippen LogP contribution in [0.15, 0.2) is 47.8 Å². The highest BCUT2D eigenvalue weighted by atomic mass is 16.6. The summed E-state index contributed by atoms with van der Waals surface area (Å²) in [6.07, 6.45) is 4.54. The number of piperidine rings is 1. The van der Waals surface area contributed by atoms with Crippen molar-refractivity contribution in [1.82, 2.24) is 4.98 Å². The molecule has 2 heterocycles. The number of para-hydroxylation sites is 1. The molecule has 1 fully saturated rings. The Morgan fingerprint density at radius 1 is 1.17 bits per heavy atom. The van der Waals surface area contributed by atoms with E-state index in [0.717, 1.165) is 35.7 Å². The summed E-state index contributed by atoms with van der Waals surface area (Å²) in [4.78, 5) is 24.6. The average molecular weight is 410 g/mol. The Labute approximate surface area is 178 Å². The lowest BCUT2D eigenvalue weighted by molar-refractivity contribution is -0.126. The molecule has 30 heavy (non-hydrogen) atoms. The average Bonchev–Trinajstić information content (AvgIpc) is 2.78. The molecule has 1 aromatic carbocycles. The van der Waals surface area contributed by atoms with Gasteiger partial charge in [0.2, 0.25) is 6.10 Å². The van der Waals surface area contributed by atoms with E-state index in [-0.39, 0.29) is 11.7 Å². The minimum atomic E-state index is -0.785. The summed E-state index contributed by atoms with van der Waals surface area (Å²) in [7, 11) is 0. The molecule has 0 bridgehead atoms. The van der Waals surface area contributed by atoms with Crippen LogP contribution in [0.4, 0.5) is 11.5 Å². The Kier molecular flexibility index (Phi) is 7.27. The van der Waals surface area contributed by atoms with E-state index in [0.29, 0.717) is 5.92 Å². The molecule has 3 rings (SSSR count). The first-order chi connectivity index (χ1) is 14.5. The largest absolute Gasteiger partial charge is 0.381 e. The number of hydrogen-bond acceptors (Lipinski definition) is 5. The fourth-order valence-corrected chi connectivity index (χ4v) is 3.46. The number of anilines is 2. The third kappa shape index (κ3) is 5.49. The SMILES string of the molecule is CC(O/N=C(/N)c1ccnc(N2CCCCC2)c1)C(=O)Nc1ccccc1C(C)C. The molecule has 1 saturated heterocycles. The highest BCUT2D eigenvalue weighted by Crippen LogP contribution is 2.24. The maximum absolute atomic E-state index is 12.5. The number of oxime groups is 1. The summed E-state index contributed by atoms with van der Waals surface area (Å²) in [6.45, 7) is 7.82. The second kappa shape index (κ2) is 10.1. The minimum absolute atomic E-state index is 0.220. The molecular formula is C23H31N5O2. The number of pyridine rings is 1. The van der Waals surface area contributed by atoms with Crippen molar-refractivity contribution in [3.8, 4) is 0 Å². The molecule has 7 nitrogen and oxygen atoms in total. The number of nitrogens with two attached hydrogens (primary N) is 1. The molecule has 1 atom stereocenters. The Hall–Kier alpha value is -3.09. The van der Waals surface area contributed by atoms with E-state index in [1.54, 1.807) is 19.2 Å². The van der Waals surface area contributed by atoms with Crippen molar-refractivity contribution >= 4 is 23.2 Å². The highest BCUT2D eigenvalue weighted by Gasteiger charge is 2.18. The predicted molar refractivity (Wildman–Crippen MR) is 121 cm³/mol. The van der Waals surface area contributed by atoms with Gasteiger partial charge in [0.15, 0.2) is 5.84 Å². The van der Waals surface area contributed by atoms with Crippen LogP contribution in [0.2, 0.25) is 0 Å². The zero-order valence-corrected chi connectivity index (χ0v) is 18.0. The number of rotatable bonds is 7. The second-order valence-electron chi connectivity index (χ2n) is 7.91. The molecule has 3 N–H and O–H groups in total. The van der Waals surface area contributed by atoms with Crippen LogP contribution in [0.3, 0.4) is 0 Å². The lowest BCUT2D eigenvalue weighted by Gasteiger charge is -2.27. The molecule has 0 radical (unpaired) electrons. The summed E-state index contributed by atoms with van der Waals surface area (Å²) >= 11 is 0. The fraction of sp³-hybridized carbons (Fsp3) is 0.435. The maximum Gasteiger partial charge on any atom is 0.267 e. The molecule has 1 aromatic heterocycles. The molecule has 0 saturated carbocycles. The van der Waals surface area contributed by atoms with Gasteiger partial charge in [-0.3, -0.25) is 4.79 Å². The fourth-order valence-electron chi connectivity index (χ4n) is 3.46. The van der Waals surface area contributed by atoms with Crippen LogP contribution in [-0.4, -0.2) is 35.9 Å². The van der Waals surface area contributed by atoms with Gasteiger partial charge in [0.25, 0.3) is 5.91 Å². The van der Waals surface area contributed by atoms with Crippen LogP contribution < -0.4 is 16.0 Å². The standard InChI is InChI=1S/C23H31N5O2/c1-16(2)19-9-5-6-10-20(19)26-23(29)17(3)30-27-22(24)18-11-12-25-21(15-18)28-13-7-4-8-14-28/h5-6,9-12,15-17H,4,7-8,13-14H2,1-3H3,(H2,24,27)(H,26,29). The molecule has 1 amide bonds. The molecule has 1 aliphatic heterocycles. The highest BCUT2D eigenvalue weighted by molar-refractivity contribution is 5.98. The van der Waals surface area contributed by atoms with Gasteiger partial charge < -0.3 is 20.8 Å². The van der Waals surface area contributed by atoms with Crippen molar-refractivity contribution in [1.29, 1.82) is 0 Å². The van der Waals surface area contributed by atoms with Gasteiger partial charge in [-0.1, -0.05) is 37.2 Å².